The molecular formula is C23H25N3O2. The second kappa shape index (κ2) is 7.38. The minimum Gasteiger partial charge on any atom is -0.468 e. The zero-order valence-electron chi connectivity index (χ0n) is 16.3. The third-order valence-electron chi connectivity index (χ3n) is 6.08. The molecule has 2 saturated heterocycles. The van der Waals surface area contributed by atoms with Crippen molar-refractivity contribution in [3.8, 4) is 6.07 Å². The molecule has 0 amide bonds. The number of methoxy groups -OCH3 is 1. The van der Waals surface area contributed by atoms with Crippen LogP contribution in [0, 0.1) is 16.7 Å². The van der Waals surface area contributed by atoms with Gasteiger partial charge in [-0.05, 0) is 24.5 Å². The molecule has 2 aliphatic heterocycles. The van der Waals surface area contributed by atoms with Gasteiger partial charge in [-0.3, -0.25) is 14.6 Å². The van der Waals surface area contributed by atoms with Crippen molar-refractivity contribution < 1.29 is 9.53 Å². The van der Waals surface area contributed by atoms with E-state index in [1.54, 1.807) is 0 Å². The Kier molecular flexibility index (Phi) is 4.92. The van der Waals surface area contributed by atoms with Gasteiger partial charge in [0, 0.05) is 19.1 Å². The van der Waals surface area contributed by atoms with Crippen molar-refractivity contribution in [1.29, 1.82) is 5.26 Å². The Hall–Kier alpha value is -2.68. The van der Waals surface area contributed by atoms with E-state index in [4.69, 9.17) is 4.74 Å². The number of rotatable bonds is 4. The molecule has 2 fully saturated rings. The first-order chi connectivity index (χ1) is 13.6. The Morgan fingerprint density at radius 3 is 2.43 bits per heavy atom. The summed E-state index contributed by atoms with van der Waals surface area (Å²) in [5.74, 6) is -0.258. The fraction of sp³-hybridized carbons (Fsp3) is 0.391. The van der Waals surface area contributed by atoms with Gasteiger partial charge < -0.3 is 4.74 Å². The summed E-state index contributed by atoms with van der Waals surface area (Å²) < 4.78 is 5.11. The minimum absolute atomic E-state index is 0.0502. The molecule has 0 aromatic heterocycles. The predicted octanol–water partition coefficient (Wildman–Crippen LogP) is 3.35. The number of nitrogens with zero attached hydrogens (tertiary/aromatic N) is 3. The van der Waals surface area contributed by atoms with Gasteiger partial charge in [-0.25, -0.2) is 0 Å². The van der Waals surface area contributed by atoms with E-state index in [-0.39, 0.29) is 18.2 Å². The second-order valence-corrected chi connectivity index (χ2v) is 7.93. The van der Waals surface area contributed by atoms with Crippen LogP contribution in [0.5, 0.6) is 0 Å². The highest BCUT2D eigenvalue weighted by Crippen LogP contribution is 2.51. The van der Waals surface area contributed by atoms with E-state index in [0.29, 0.717) is 6.42 Å². The molecule has 2 heterocycles. The summed E-state index contributed by atoms with van der Waals surface area (Å²) in [6, 6.07) is 22.7. The third-order valence-corrected chi connectivity index (χ3v) is 6.08. The van der Waals surface area contributed by atoms with Crippen LogP contribution in [0.1, 0.15) is 30.5 Å². The normalized spacial score (nSPS) is 30.0. The van der Waals surface area contributed by atoms with Crippen molar-refractivity contribution >= 4 is 5.97 Å². The number of nitriles is 1. The van der Waals surface area contributed by atoms with Crippen LogP contribution in [-0.4, -0.2) is 41.6 Å². The van der Waals surface area contributed by atoms with Crippen molar-refractivity contribution in [2.45, 2.75) is 38.1 Å². The fourth-order valence-corrected chi connectivity index (χ4v) is 4.87. The van der Waals surface area contributed by atoms with E-state index in [0.717, 1.165) is 13.1 Å². The molecule has 0 aliphatic carbocycles. The number of benzene rings is 2. The highest BCUT2D eigenvalue weighted by Gasteiger charge is 2.60. The topological polar surface area (TPSA) is 56.6 Å². The summed E-state index contributed by atoms with van der Waals surface area (Å²) in [5.41, 5.74) is 1.73. The van der Waals surface area contributed by atoms with Crippen LogP contribution in [0.25, 0.3) is 0 Å². The molecule has 0 spiro atoms. The zero-order valence-corrected chi connectivity index (χ0v) is 16.3. The summed E-state index contributed by atoms with van der Waals surface area (Å²) >= 11 is 0. The van der Waals surface area contributed by atoms with Crippen LogP contribution in [0.4, 0.5) is 0 Å². The first kappa shape index (κ1) is 18.7. The quantitative estimate of drug-likeness (QED) is 0.767. The van der Waals surface area contributed by atoms with Crippen molar-refractivity contribution in [3.63, 3.8) is 0 Å². The predicted molar refractivity (Wildman–Crippen MR) is 106 cm³/mol. The number of ether oxygens (including phenoxy) is 1. The average Bonchev–Trinajstić information content (AvgIpc) is 3.26. The second-order valence-electron chi connectivity index (χ2n) is 7.93. The van der Waals surface area contributed by atoms with Gasteiger partial charge in [0.2, 0.25) is 0 Å². The Morgan fingerprint density at radius 2 is 1.82 bits per heavy atom. The van der Waals surface area contributed by atoms with Crippen LogP contribution in [-0.2, 0) is 16.1 Å². The Balaban J connectivity index is 1.75. The number of carbonyl (C=O) groups excluding carboxylic acids is 1. The molecule has 0 saturated carbocycles. The number of fused-ring (bicyclic) bond motifs is 1. The van der Waals surface area contributed by atoms with Crippen molar-refractivity contribution in [2.75, 3.05) is 13.7 Å². The lowest BCUT2D eigenvalue weighted by molar-refractivity contribution is -0.146. The summed E-state index contributed by atoms with van der Waals surface area (Å²) in [6.45, 7) is 3.49. The maximum atomic E-state index is 12.6. The van der Waals surface area contributed by atoms with E-state index in [1.165, 1.54) is 18.2 Å². The lowest BCUT2D eigenvalue weighted by atomic mass is 9.86. The third kappa shape index (κ3) is 3.09. The Labute approximate surface area is 166 Å². The van der Waals surface area contributed by atoms with Gasteiger partial charge in [-0.15, -0.1) is 0 Å². The summed E-state index contributed by atoms with van der Waals surface area (Å²) in [4.78, 5) is 17.2. The van der Waals surface area contributed by atoms with Crippen LogP contribution in [0.15, 0.2) is 60.7 Å². The molecular weight excluding hydrogens is 350 g/mol. The van der Waals surface area contributed by atoms with Gasteiger partial charge in [0.25, 0.3) is 0 Å². The molecule has 0 N–H and O–H groups in total. The molecule has 4 rings (SSSR count). The molecule has 4 atom stereocenters. The Bertz CT molecular complexity index is 880. The van der Waals surface area contributed by atoms with E-state index >= 15 is 0 Å². The summed E-state index contributed by atoms with van der Waals surface area (Å²) in [6.07, 6.45) is 0.349. The molecule has 2 aliphatic rings. The van der Waals surface area contributed by atoms with Gasteiger partial charge in [0.05, 0.1) is 24.8 Å². The van der Waals surface area contributed by atoms with Crippen LogP contribution in [0.2, 0.25) is 0 Å². The smallest absolute Gasteiger partial charge is 0.323 e. The zero-order chi connectivity index (χ0) is 19.7. The van der Waals surface area contributed by atoms with Crippen LogP contribution >= 0.6 is 0 Å². The highest BCUT2D eigenvalue weighted by molar-refractivity contribution is 5.76. The lowest BCUT2D eigenvalue weighted by Gasteiger charge is -2.33. The monoisotopic (exact) mass is 375 g/mol. The number of esters is 1. The van der Waals surface area contributed by atoms with E-state index < -0.39 is 11.5 Å². The first-order valence-corrected chi connectivity index (χ1v) is 9.67. The standard InChI is InChI=1S/C23H25N3O2/c1-23(16-24)13-19(21(27)28-2)26-20(18-11-7-4-8-12-18)15-25(22(23)26)14-17-9-5-3-6-10-17/h3-12,19-20,22H,13-15H2,1-2H3/t19-,20-,22-,23-/m0/s1. The van der Waals surface area contributed by atoms with Gasteiger partial charge in [0.15, 0.2) is 0 Å². The van der Waals surface area contributed by atoms with Gasteiger partial charge in [-0.2, -0.15) is 5.26 Å². The van der Waals surface area contributed by atoms with E-state index in [9.17, 15) is 10.1 Å². The summed E-state index contributed by atoms with van der Waals surface area (Å²) in [7, 11) is 1.43. The fourth-order valence-electron chi connectivity index (χ4n) is 4.87. The molecule has 0 unspecified atom stereocenters. The molecule has 2 aromatic rings. The molecule has 2 aromatic carbocycles. The van der Waals surface area contributed by atoms with Gasteiger partial charge in [-0.1, -0.05) is 60.7 Å². The maximum absolute atomic E-state index is 12.6. The van der Waals surface area contributed by atoms with Crippen molar-refractivity contribution in [3.05, 3.63) is 71.8 Å². The maximum Gasteiger partial charge on any atom is 0.323 e. The van der Waals surface area contributed by atoms with Gasteiger partial charge in [0.1, 0.15) is 6.04 Å². The number of hydrogen-bond acceptors (Lipinski definition) is 5. The molecule has 0 bridgehead atoms. The van der Waals surface area contributed by atoms with E-state index in [2.05, 4.69) is 40.1 Å². The minimum atomic E-state index is -0.642. The molecule has 5 nitrogen and oxygen atoms in total. The largest absolute Gasteiger partial charge is 0.468 e. The molecule has 28 heavy (non-hydrogen) atoms. The van der Waals surface area contributed by atoms with Crippen molar-refractivity contribution in [1.82, 2.24) is 9.80 Å². The molecule has 5 heteroatoms. The number of hydrogen-bond donors (Lipinski definition) is 0. The first-order valence-electron chi connectivity index (χ1n) is 9.67. The SMILES string of the molecule is COC(=O)[C@@H]1C[C@@](C)(C#N)[C@H]2N(Cc3ccccc3)C[C@@H](c3ccccc3)N12. The number of carbonyl (C=O) groups is 1. The van der Waals surface area contributed by atoms with Crippen molar-refractivity contribution in [2.24, 2.45) is 5.41 Å². The van der Waals surface area contributed by atoms with Crippen LogP contribution < -0.4 is 0 Å². The average molecular weight is 375 g/mol. The molecule has 0 radical (unpaired) electrons. The van der Waals surface area contributed by atoms with E-state index in [1.807, 2.05) is 43.3 Å². The van der Waals surface area contributed by atoms with Gasteiger partial charge >= 0.3 is 5.97 Å². The highest BCUT2D eigenvalue weighted by atomic mass is 16.5. The van der Waals surface area contributed by atoms with Crippen LogP contribution in [0.3, 0.4) is 0 Å². The summed E-state index contributed by atoms with van der Waals surface area (Å²) in [5, 5.41) is 10.0. The lowest BCUT2D eigenvalue weighted by Crippen LogP contribution is -2.45. The molecule has 144 valence electrons. The Morgan fingerprint density at radius 1 is 1.18 bits per heavy atom.